The molecule has 0 N–H and O–H groups in total. The van der Waals surface area contributed by atoms with Crippen molar-refractivity contribution in [2.45, 2.75) is 37.7 Å². The molecule has 142 valence electrons. The molecule has 2 aliphatic heterocycles. The number of aryl methyl sites for hydroxylation is 2. The second-order valence-corrected chi connectivity index (χ2v) is 9.24. The average molecular weight is 385 g/mol. The van der Waals surface area contributed by atoms with Crippen LogP contribution in [0.3, 0.4) is 0 Å². The van der Waals surface area contributed by atoms with Crippen molar-refractivity contribution in [3.63, 3.8) is 0 Å². The van der Waals surface area contributed by atoms with Crippen molar-refractivity contribution in [2.75, 3.05) is 38.7 Å². The van der Waals surface area contributed by atoms with E-state index in [9.17, 15) is 4.79 Å². The number of hydrogen-bond acceptors (Lipinski definition) is 6. The summed E-state index contributed by atoms with van der Waals surface area (Å²) in [5.41, 5.74) is 3.29. The Bertz CT molecular complexity index is 888. The molecule has 0 aromatic carbocycles. The monoisotopic (exact) mass is 384 g/mol. The minimum Gasteiger partial charge on any atom is -0.376 e. The normalized spacial score (nSPS) is 23.6. The van der Waals surface area contributed by atoms with Gasteiger partial charge in [0.15, 0.2) is 0 Å². The molecule has 3 aliphatic rings. The molecular weight excluding hydrogens is 360 g/mol. The van der Waals surface area contributed by atoms with Gasteiger partial charge in [-0.25, -0.2) is 9.97 Å². The Balaban J connectivity index is 1.43. The van der Waals surface area contributed by atoms with Crippen LogP contribution < -0.4 is 4.90 Å². The SMILES string of the molecule is CN(C)c1ncc2c(n1)C1(CCN(C(=O)c3cc4c(s3)CCC4)C1)COC2. The van der Waals surface area contributed by atoms with Gasteiger partial charge in [-0.1, -0.05) is 0 Å². The van der Waals surface area contributed by atoms with Crippen LogP contribution in [0.5, 0.6) is 0 Å². The fourth-order valence-electron chi connectivity index (χ4n) is 4.55. The van der Waals surface area contributed by atoms with Crippen molar-refractivity contribution in [1.29, 1.82) is 0 Å². The summed E-state index contributed by atoms with van der Waals surface area (Å²) in [4.78, 5) is 28.6. The minimum absolute atomic E-state index is 0.167. The first-order chi connectivity index (χ1) is 13.1. The Labute approximate surface area is 163 Å². The number of carbonyl (C=O) groups is 1. The average Bonchev–Trinajstić information content (AvgIpc) is 3.36. The van der Waals surface area contributed by atoms with Crippen molar-refractivity contribution in [3.8, 4) is 0 Å². The highest BCUT2D eigenvalue weighted by atomic mass is 32.1. The van der Waals surface area contributed by atoms with Gasteiger partial charge >= 0.3 is 0 Å². The molecule has 2 aromatic rings. The lowest BCUT2D eigenvalue weighted by Gasteiger charge is -2.34. The topological polar surface area (TPSA) is 58.6 Å². The van der Waals surface area contributed by atoms with E-state index in [0.717, 1.165) is 47.9 Å². The van der Waals surface area contributed by atoms with Gasteiger partial charge in [-0.2, -0.15) is 0 Å². The molecule has 1 fully saturated rings. The van der Waals surface area contributed by atoms with Crippen LogP contribution in [0, 0.1) is 0 Å². The Morgan fingerprint density at radius 3 is 3.04 bits per heavy atom. The van der Waals surface area contributed by atoms with E-state index in [1.165, 1.54) is 16.9 Å². The number of carbonyl (C=O) groups excluding carboxylic acids is 1. The third-order valence-corrected chi connectivity index (χ3v) is 7.21. The van der Waals surface area contributed by atoms with E-state index < -0.39 is 0 Å². The van der Waals surface area contributed by atoms with Crippen LogP contribution in [0.1, 0.15) is 44.2 Å². The molecule has 1 aliphatic carbocycles. The number of amides is 1. The Kier molecular flexibility index (Phi) is 3.98. The van der Waals surface area contributed by atoms with Gasteiger partial charge in [-0.3, -0.25) is 4.79 Å². The first kappa shape index (κ1) is 17.1. The summed E-state index contributed by atoms with van der Waals surface area (Å²) in [7, 11) is 3.91. The number of fused-ring (bicyclic) bond motifs is 3. The van der Waals surface area contributed by atoms with E-state index in [-0.39, 0.29) is 11.3 Å². The standard InChI is InChI=1S/C20H24N4O2S/c1-23(2)19-21-9-14-10-26-12-20(17(14)22-19)6-7-24(11-20)18(25)16-8-13-4-3-5-15(13)27-16/h8-9H,3-7,10-12H2,1-2H3. The molecule has 0 radical (unpaired) electrons. The van der Waals surface area contributed by atoms with Gasteiger partial charge in [0.1, 0.15) is 0 Å². The highest BCUT2D eigenvalue weighted by molar-refractivity contribution is 7.14. The lowest BCUT2D eigenvalue weighted by atomic mass is 9.80. The summed E-state index contributed by atoms with van der Waals surface area (Å²) < 4.78 is 5.89. The third kappa shape index (κ3) is 2.75. The van der Waals surface area contributed by atoms with Gasteiger partial charge < -0.3 is 14.5 Å². The predicted octanol–water partition coefficient (Wildman–Crippen LogP) is 2.41. The molecule has 6 nitrogen and oxygen atoms in total. The van der Waals surface area contributed by atoms with Gasteiger partial charge in [0, 0.05) is 43.8 Å². The summed E-state index contributed by atoms with van der Waals surface area (Å²) in [6.07, 6.45) is 6.25. The van der Waals surface area contributed by atoms with Gasteiger partial charge in [-0.15, -0.1) is 11.3 Å². The molecule has 1 atom stereocenters. The van der Waals surface area contributed by atoms with Gasteiger partial charge in [0.2, 0.25) is 5.95 Å². The number of aromatic nitrogens is 2. The zero-order valence-corrected chi connectivity index (χ0v) is 16.6. The van der Waals surface area contributed by atoms with Crippen LogP contribution in [0.25, 0.3) is 0 Å². The maximum absolute atomic E-state index is 13.1. The number of ether oxygens (including phenoxy) is 1. The first-order valence-electron chi connectivity index (χ1n) is 9.58. The third-order valence-electron chi connectivity index (χ3n) is 5.99. The van der Waals surface area contributed by atoms with Crippen molar-refractivity contribution in [1.82, 2.24) is 14.9 Å². The number of anilines is 1. The van der Waals surface area contributed by atoms with E-state index in [1.807, 2.05) is 30.1 Å². The number of thiophene rings is 1. The predicted molar refractivity (Wildman–Crippen MR) is 105 cm³/mol. The molecule has 0 bridgehead atoms. The molecule has 0 saturated carbocycles. The van der Waals surface area contributed by atoms with Crippen LogP contribution in [-0.4, -0.2) is 54.6 Å². The molecule has 5 rings (SSSR count). The van der Waals surface area contributed by atoms with Gasteiger partial charge in [0.05, 0.1) is 29.2 Å². The number of rotatable bonds is 2. The van der Waals surface area contributed by atoms with Crippen LogP contribution >= 0.6 is 11.3 Å². The van der Waals surface area contributed by atoms with Crippen molar-refractivity contribution >= 4 is 23.2 Å². The second-order valence-electron chi connectivity index (χ2n) is 8.10. The Hall–Kier alpha value is -1.99. The summed E-state index contributed by atoms with van der Waals surface area (Å²) in [5.74, 6) is 0.884. The number of nitrogens with zero attached hydrogens (tertiary/aromatic N) is 4. The number of likely N-dealkylation sites (tertiary alicyclic amines) is 1. The molecule has 27 heavy (non-hydrogen) atoms. The molecule has 1 unspecified atom stereocenters. The minimum atomic E-state index is -0.211. The molecule has 1 amide bonds. The molecule has 1 saturated heterocycles. The van der Waals surface area contributed by atoms with E-state index in [0.29, 0.717) is 19.8 Å². The fraction of sp³-hybridized carbons (Fsp3) is 0.550. The molecule has 1 spiro atoms. The van der Waals surface area contributed by atoms with Crippen molar-refractivity contribution < 1.29 is 9.53 Å². The van der Waals surface area contributed by atoms with Gasteiger partial charge in [-0.05, 0) is 37.3 Å². The largest absolute Gasteiger partial charge is 0.376 e. The zero-order valence-electron chi connectivity index (χ0n) is 15.8. The van der Waals surface area contributed by atoms with E-state index >= 15 is 0 Å². The highest BCUT2D eigenvalue weighted by Gasteiger charge is 2.46. The molecular formula is C20H24N4O2S. The summed E-state index contributed by atoms with van der Waals surface area (Å²) in [6.45, 7) is 2.60. The van der Waals surface area contributed by atoms with Gasteiger partial charge in [0.25, 0.3) is 5.91 Å². The summed E-state index contributed by atoms with van der Waals surface area (Å²) >= 11 is 1.69. The van der Waals surface area contributed by atoms with Crippen molar-refractivity contribution in [2.24, 2.45) is 0 Å². The fourth-order valence-corrected chi connectivity index (χ4v) is 5.77. The van der Waals surface area contributed by atoms with Crippen molar-refractivity contribution in [3.05, 3.63) is 38.8 Å². The van der Waals surface area contributed by atoms with E-state index in [1.54, 1.807) is 11.3 Å². The zero-order chi connectivity index (χ0) is 18.6. The molecule has 2 aromatic heterocycles. The van der Waals surface area contributed by atoms with Crippen LogP contribution in [0.15, 0.2) is 12.3 Å². The molecule has 4 heterocycles. The maximum atomic E-state index is 13.1. The Morgan fingerprint density at radius 2 is 2.22 bits per heavy atom. The number of hydrogen-bond donors (Lipinski definition) is 0. The van der Waals surface area contributed by atoms with E-state index in [2.05, 4.69) is 11.1 Å². The smallest absolute Gasteiger partial charge is 0.263 e. The quantitative estimate of drug-likeness (QED) is 0.796. The summed E-state index contributed by atoms with van der Waals surface area (Å²) in [6, 6.07) is 2.12. The van der Waals surface area contributed by atoms with Crippen LogP contribution in [-0.2, 0) is 29.6 Å². The second kappa shape index (κ2) is 6.27. The molecule has 7 heteroatoms. The lowest BCUT2D eigenvalue weighted by Crippen LogP contribution is -2.41. The lowest BCUT2D eigenvalue weighted by molar-refractivity contribution is 0.0485. The summed E-state index contributed by atoms with van der Waals surface area (Å²) in [5, 5.41) is 0. The van der Waals surface area contributed by atoms with E-state index in [4.69, 9.17) is 9.72 Å². The maximum Gasteiger partial charge on any atom is 0.263 e. The highest BCUT2D eigenvalue weighted by Crippen LogP contribution is 2.40. The van der Waals surface area contributed by atoms with Crippen LogP contribution in [0.4, 0.5) is 5.95 Å². The first-order valence-corrected chi connectivity index (χ1v) is 10.4. The van der Waals surface area contributed by atoms with Crippen LogP contribution in [0.2, 0.25) is 0 Å². The Morgan fingerprint density at radius 1 is 1.33 bits per heavy atom.